The van der Waals surface area contributed by atoms with Crippen molar-refractivity contribution >= 4 is 34.8 Å². The molecule has 0 saturated carbocycles. The van der Waals surface area contributed by atoms with Crippen molar-refractivity contribution in [3.8, 4) is 10.6 Å². The molecule has 1 aromatic heterocycles. The van der Waals surface area contributed by atoms with Crippen molar-refractivity contribution in [1.82, 2.24) is 10.3 Å². The van der Waals surface area contributed by atoms with Crippen LogP contribution in [0.3, 0.4) is 0 Å². The molecule has 0 atom stereocenters. The van der Waals surface area contributed by atoms with Gasteiger partial charge in [0.25, 0.3) is 5.91 Å². The minimum atomic E-state index is -0.620. The fourth-order valence-electron chi connectivity index (χ4n) is 2.14. The van der Waals surface area contributed by atoms with Crippen LogP contribution in [0.5, 0.6) is 0 Å². The highest BCUT2D eigenvalue weighted by molar-refractivity contribution is 7.13. The van der Waals surface area contributed by atoms with E-state index in [0.29, 0.717) is 11.6 Å². The number of amides is 1. The molecular formula is C19H15ClN2O3S. The molecule has 1 heterocycles. The van der Waals surface area contributed by atoms with Crippen molar-refractivity contribution in [2.45, 2.75) is 6.54 Å². The minimum absolute atomic E-state index is 0.194. The highest BCUT2D eigenvalue weighted by Gasteiger charge is 2.14. The van der Waals surface area contributed by atoms with Crippen LogP contribution in [0, 0.1) is 0 Å². The first-order valence-corrected chi connectivity index (χ1v) is 9.07. The average Bonchev–Trinajstić information content (AvgIpc) is 3.17. The van der Waals surface area contributed by atoms with Crippen molar-refractivity contribution < 1.29 is 14.3 Å². The van der Waals surface area contributed by atoms with Gasteiger partial charge >= 0.3 is 5.97 Å². The number of esters is 1. The van der Waals surface area contributed by atoms with Crippen LogP contribution in [0.15, 0.2) is 60.0 Å². The molecule has 0 bridgehead atoms. The van der Waals surface area contributed by atoms with Crippen LogP contribution in [0.4, 0.5) is 0 Å². The van der Waals surface area contributed by atoms with E-state index in [4.69, 9.17) is 16.3 Å². The number of thiazole rings is 1. The molecule has 0 saturated heterocycles. The van der Waals surface area contributed by atoms with Crippen LogP contribution < -0.4 is 5.32 Å². The lowest BCUT2D eigenvalue weighted by molar-refractivity contribution is -0.124. The second-order valence-electron chi connectivity index (χ2n) is 5.38. The molecule has 0 spiro atoms. The summed E-state index contributed by atoms with van der Waals surface area (Å²) < 4.78 is 5.02. The Morgan fingerprint density at radius 3 is 2.54 bits per heavy atom. The number of hydrogen-bond acceptors (Lipinski definition) is 5. The summed E-state index contributed by atoms with van der Waals surface area (Å²) in [5.74, 6) is -1.00. The van der Waals surface area contributed by atoms with E-state index in [0.717, 1.165) is 16.1 Å². The Hall–Kier alpha value is -2.70. The molecule has 0 aliphatic heterocycles. The fraction of sp³-hybridized carbons (Fsp3) is 0.105. The predicted octanol–water partition coefficient (Wildman–Crippen LogP) is 3.94. The lowest BCUT2D eigenvalue weighted by Gasteiger charge is -2.06. The van der Waals surface area contributed by atoms with Gasteiger partial charge in [-0.05, 0) is 17.7 Å². The first kappa shape index (κ1) is 18.1. The molecule has 26 heavy (non-hydrogen) atoms. The maximum atomic E-state index is 12.0. The third-order valence-corrected chi connectivity index (χ3v) is 4.61. The summed E-state index contributed by atoms with van der Waals surface area (Å²) in [7, 11) is 0. The molecule has 0 unspecified atom stereocenters. The van der Waals surface area contributed by atoms with Gasteiger partial charge in [0.15, 0.2) is 12.3 Å². The molecule has 0 aliphatic rings. The van der Waals surface area contributed by atoms with E-state index in [-0.39, 0.29) is 18.2 Å². The van der Waals surface area contributed by atoms with Gasteiger partial charge in [0.1, 0.15) is 5.01 Å². The monoisotopic (exact) mass is 386 g/mol. The Balaban J connectivity index is 1.48. The summed E-state index contributed by atoms with van der Waals surface area (Å²) in [6, 6.07) is 16.7. The van der Waals surface area contributed by atoms with Crippen LogP contribution in [0.2, 0.25) is 5.02 Å². The zero-order valence-corrected chi connectivity index (χ0v) is 15.2. The first-order valence-electron chi connectivity index (χ1n) is 7.81. The molecule has 3 aromatic rings. The van der Waals surface area contributed by atoms with E-state index in [1.54, 1.807) is 17.5 Å². The quantitative estimate of drug-likeness (QED) is 0.651. The number of hydrogen-bond donors (Lipinski definition) is 1. The number of halogens is 1. The second kappa shape index (κ2) is 8.60. The normalized spacial score (nSPS) is 10.3. The molecule has 1 amide bonds. The van der Waals surface area contributed by atoms with Gasteiger partial charge < -0.3 is 10.1 Å². The number of nitrogens with one attached hydrogen (secondary N) is 1. The number of nitrogens with zero attached hydrogens (tertiary/aromatic N) is 1. The van der Waals surface area contributed by atoms with Gasteiger partial charge in [0.05, 0.1) is 0 Å². The summed E-state index contributed by atoms with van der Waals surface area (Å²) in [4.78, 5) is 28.1. The number of rotatable bonds is 6. The van der Waals surface area contributed by atoms with Gasteiger partial charge in [-0.15, -0.1) is 11.3 Å². The van der Waals surface area contributed by atoms with Crippen molar-refractivity contribution in [1.29, 1.82) is 0 Å². The molecule has 0 fully saturated rings. The number of carbonyl (C=O) groups is 2. The number of benzene rings is 2. The highest BCUT2D eigenvalue weighted by atomic mass is 35.5. The fourth-order valence-corrected chi connectivity index (χ4v) is 3.06. The molecule has 7 heteroatoms. The molecule has 132 valence electrons. The summed E-state index contributed by atoms with van der Waals surface area (Å²) in [6.07, 6.45) is 0. The minimum Gasteiger partial charge on any atom is -0.451 e. The van der Waals surface area contributed by atoms with E-state index in [1.807, 2.05) is 42.5 Å². The van der Waals surface area contributed by atoms with E-state index < -0.39 is 5.97 Å². The molecule has 5 nitrogen and oxygen atoms in total. The van der Waals surface area contributed by atoms with Crippen molar-refractivity contribution in [3.05, 3.63) is 76.3 Å². The van der Waals surface area contributed by atoms with Gasteiger partial charge in [0, 0.05) is 22.5 Å². The standard InChI is InChI=1S/C19H15ClN2O3S/c20-15-8-6-13(7-9-15)10-21-17(23)11-25-19(24)16-12-26-18(22-16)14-4-2-1-3-5-14/h1-9,12H,10-11H2,(H,21,23). The molecular weight excluding hydrogens is 372 g/mol. The summed E-state index contributed by atoms with van der Waals surface area (Å²) in [5, 5.41) is 5.66. The van der Waals surface area contributed by atoms with Gasteiger partial charge in [0.2, 0.25) is 0 Å². The topological polar surface area (TPSA) is 68.3 Å². The molecule has 3 rings (SSSR count). The Kier molecular flexibility index (Phi) is 5.99. The van der Waals surface area contributed by atoms with Crippen LogP contribution in [-0.2, 0) is 16.1 Å². The zero-order chi connectivity index (χ0) is 18.4. The van der Waals surface area contributed by atoms with E-state index in [1.165, 1.54) is 11.3 Å². The molecule has 0 radical (unpaired) electrons. The van der Waals surface area contributed by atoms with Gasteiger partial charge in [-0.2, -0.15) is 0 Å². The summed E-state index contributed by atoms with van der Waals surface area (Å²) >= 11 is 7.16. The van der Waals surface area contributed by atoms with E-state index in [2.05, 4.69) is 10.3 Å². The average molecular weight is 387 g/mol. The molecule has 1 N–H and O–H groups in total. The van der Waals surface area contributed by atoms with Gasteiger partial charge in [-0.1, -0.05) is 54.1 Å². The number of aromatic nitrogens is 1. The smallest absolute Gasteiger partial charge is 0.358 e. The zero-order valence-electron chi connectivity index (χ0n) is 13.6. The first-order chi connectivity index (χ1) is 12.6. The summed E-state index contributed by atoms with van der Waals surface area (Å²) in [5.41, 5.74) is 2.03. The highest BCUT2D eigenvalue weighted by Crippen LogP contribution is 2.23. The van der Waals surface area contributed by atoms with Gasteiger partial charge in [-0.3, -0.25) is 4.79 Å². The number of carbonyl (C=O) groups excluding carboxylic acids is 2. The number of ether oxygens (including phenoxy) is 1. The molecule has 2 aromatic carbocycles. The van der Waals surface area contributed by atoms with Crippen LogP contribution in [0.25, 0.3) is 10.6 Å². The lowest BCUT2D eigenvalue weighted by Crippen LogP contribution is -2.28. The van der Waals surface area contributed by atoms with Gasteiger partial charge in [-0.25, -0.2) is 9.78 Å². The Bertz CT molecular complexity index is 895. The van der Waals surface area contributed by atoms with Crippen molar-refractivity contribution in [2.75, 3.05) is 6.61 Å². The van der Waals surface area contributed by atoms with Crippen molar-refractivity contribution in [3.63, 3.8) is 0 Å². The second-order valence-corrected chi connectivity index (χ2v) is 6.68. The Morgan fingerprint density at radius 1 is 1.08 bits per heavy atom. The largest absolute Gasteiger partial charge is 0.451 e. The Labute approximate surface area is 159 Å². The van der Waals surface area contributed by atoms with E-state index >= 15 is 0 Å². The van der Waals surface area contributed by atoms with Crippen LogP contribution in [-0.4, -0.2) is 23.5 Å². The predicted molar refractivity (Wildman–Crippen MR) is 101 cm³/mol. The third kappa shape index (κ3) is 4.91. The molecule has 0 aliphatic carbocycles. The summed E-state index contributed by atoms with van der Waals surface area (Å²) in [6.45, 7) is -0.0208. The lowest BCUT2D eigenvalue weighted by atomic mass is 10.2. The van der Waals surface area contributed by atoms with Crippen molar-refractivity contribution in [2.24, 2.45) is 0 Å². The van der Waals surface area contributed by atoms with E-state index in [9.17, 15) is 9.59 Å². The third-order valence-electron chi connectivity index (χ3n) is 3.47. The maximum absolute atomic E-state index is 12.0. The van der Waals surface area contributed by atoms with Crippen LogP contribution >= 0.6 is 22.9 Å². The maximum Gasteiger partial charge on any atom is 0.358 e. The SMILES string of the molecule is O=C(COC(=O)c1csc(-c2ccccc2)n1)NCc1ccc(Cl)cc1. The Morgan fingerprint density at radius 2 is 1.81 bits per heavy atom. The van der Waals surface area contributed by atoms with Crippen LogP contribution in [0.1, 0.15) is 16.1 Å².